The summed E-state index contributed by atoms with van der Waals surface area (Å²) in [7, 11) is 2.04. The van der Waals surface area contributed by atoms with Crippen LogP contribution < -0.4 is 21.2 Å². The number of likely N-dealkylation sites (N-methyl/N-ethyl adjacent to an activating group) is 1. The van der Waals surface area contributed by atoms with Crippen LogP contribution in [0.2, 0.25) is 0 Å². The molecule has 0 aliphatic carbocycles. The summed E-state index contributed by atoms with van der Waals surface area (Å²) in [5.41, 5.74) is 1.43. The van der Waals surface area contributed by atoms with Crippen LogP contribution in [0.4, 0.5) is 0 Å². The molecule has 1 atom stereocenters. The third-order valence-corrected chi connectivity index (χ3v) is 3.65. The Morgan fingerprint density at radius 3 is 2.73 bits per heavy atom. The van der Waals surface area contributed by atoms with Crippen molar-refractivity contribution in [2.24, 2.45) is 5.10 Å². The molecule has 0 aromatic carbocycles. The molecule has 0 saturated carbocycles. The fourth-order valence-corrected chi connectivity index (χ4v) is 2.32. The summed E-state index contributed by atoms with van der Waals surface area (Å²) < 4.78 is 1.29. The first-order valence-electron chi connectivity index (χ1n) is 3.64. The van der Waals surface area contributed by atoms with Gasteiger partial charge >= 0.3 is 78.6 Å². The summed E-state index contributed by atoms with van der Waals surface area (Å²) in [6, 6.07) is 0.481. The third kappa shape index (κ3) is 1.95. The Morgan fingerprint density at radius 1 is 1.64 bits per heavy atom. The summed E-state index contributed by atoms with van der Waals surface area (Å²) in [4.78, 5) is 2.24. The maximum absolute atomic E-state index is 4.45. The average molecular weight is 265 g/mol. The first-order chi connectivity index (χ1) is 5.15. The van der Waals surface area contributed by atoms with Crippen LogP contribution in [0.1, 0.15) is 13.8 Å². The predicted octanol–water partition coefficient (Wildman–Crippen LogP) is -1.70. The van der Waals surface area contributed by atoms with Gasteiger partial charge in [-0.05, 0) is 0 Å². The Balaban J connectivity index is 2.82. The standard InChI is InChI=1S/C8H14IN2/c1-6-5-8(9-3)10-11(4)7(6)2/h5,7H,1-4H3/q-1. The molecule has 0 aromatic rings. The van der Waals surface area contributed by atoms with Crippen LogP contribution in [0.5, 0.6) is 0 Å². The molecular formula is C8H14IN2-. The van der Waals surface area contributed by atoms with Gasteiger partial charge in [-0.1, -0.05) is 0 Å². The van der Waals surface area contributed by atoms with Crippen LogP contribution >= 0.6 is 0 Å². The number of alkyl halides is 1. The second-order valence-corrected chi connectivity index (χ2v) is 4.93. The molecule has 0 saturated heterocycles. The molecule has 11 heavy (non-hydrogen) atoms. The van der Waals surface area contributed by atoms with Crippen LogP contribution in [0, 0.1) is 0 Å². The van der Waals surface area contributed by atoms with Crippen molar-refractivity contribution in [2.75, 3.05) is 12.0 Å². The van der Waals surface area contributed by atoms with E-state index in [2.05, 4.69) is 30.0 Å². The molecule has 1 aliphatic rings. The summed E-state index contributed by atoms with van der Waals surface area (Å²) in [6.45, 7) is 4.36. The van der Waals surface area contributed by atoms with Gasteiger partial charge in [-0.3, -0.25) is 0 Å². The van der Waals surface area contributed by atoms with Crippen LogP contribution in [0.3, 0.4) is 0 Å². The third-order valence-electron chi connectivity index (χ3n) is 2.01. The Bertz CT molecular complexity index is 208. The molecule has 1 aliphatic heterocycles. The van der Waals surface area contributed by atoms with E-state index in [0.29, 0.717) is 6.04 Å². The van der Waals surface area contributed by atoms with Crippen molar-refractivity contribution in [3.05, 3.63) is 11.6 Å². The molecule has 0 radical (unpaired) electrons. The number of hydrogen-bond acceptors (Lipinski definition) is 2. The summed E-state index contributed by atoms with van der Waals surface area (Å²) in [6.07, 6.45) is 2.23. The first-order valence-corrected chi connectivity index (χ1v) is 6.88. The molecule has 2 nitrogen and oxygen atoms in total. The van der Waals surface area contributed by atoms with Crippen LogP contribution in [0.15, 0.2) is 16.8 Å². The zero-order chi connectivity index (χ0) is 8.43. The van der Waals surface area contributed by atoms with Crippen molar-refractivity contribution in [3.8, 4) is 0 Å². The molecule has 0 N–H and O–H groups in total. The molecule has 3 heteroatoms. The number of hydrazone groups is 1. The van der Waals surface area contributed by atoms with Crippen molar-refractivity contribution in [1.29, 1.82) is 0 Å². The van der Waals surface area contributed by atoms with Gasteiger partial charge in [0.05, 0.1) is 0 Å². The number of allylic oxidation sites excluding steroid dienone is 1. The average Bonchev–Trinajstić information content (AvgIpc) is 1.99. The topological polar surface area (TPSA) is 15.6 Å². The van der Waals surface area contributed by atoms with Gasteiger partial charge in [0.15, 0.2) is 0 Å². The van der Waals surface area contributed by atoms with Gasteiger partial charge in [0.1, 0.15) is 0 Å². The number of nitrogens with zero attached hydrogens (tertiary/aromatic N) is 2. The molecule has 64 valence electrons. The monoisotopic (exact) mass is 265 g/mol. The van der Waals surface area contributed by atoms with E-state index in [1.165, 1.54) is 9.29 Å². The Kier molecular flexibility index (Phi) is 2.92. The molecule has 1 rings (SSSR count). The molecule has 0 fully saturated rings. The van der Waals surface area contributed by atoms with E-state index in [1.807, 2.05) is 12.1 Å². The molecule has 0 bridgehead atoms. The van der Waals surface area contributed by atoms with E-state index >= 15 is 0 Å². The molecule has 1 heterocycles. The van der Waals surface area contributed by atoms with E-state index in [9.17, 15) is 0 Å². The second kappa shape index (κ2) is 3.56. The Labute approximate surface area is 78.6 Å². The minimum atomic E-state index is 0.144. The van der Waals surface area contributed by atoms with Crippen LogP contribution in [-0.4, -0.2) is 26.7 Å². The van der Waals surface area contributed by atoms with E-state index in [1.54, 1.807) is 0 Å². The van der Waals surface area contributed by atoms with Crippen molar-refractivity contribution in [1.82, 2.24) is 5.01 Å². The van der Waals surface area contributed by atoms with E-state index in [0.717, 1.165) is 0 Å². The number of rotatable bonds is 1. The quantitative estimate of drug-likeness (QED) is 0.407. The second-order valence-electron chi connectivity index (χ2n) is 2.75. The zero-order valence-electron chi connectivity index (χ0n) is 7.43. The van der Waals surface area contributed by atoms with Crippen molar-refractivity contribution in [3.63, 3.8) is 0 Å². The van der Waals surface area contributed by atoms with E-state index < -0.39 is 0 Å². The van der Waals surface area contributed by atoms with E-state index in [4.69, 9.17) is 0 Å². The Morgan fingerprint density at radius 2 is 2.27 bits per heavy atom. The van der Waals surface area contributed by atoms with Gasteiger partial charge < -0.3 is 0 Å². The summed E-state index contributed by atoms with van der Waals surface area (Å²) in [5, 5.41) is 6.50. The fourth-order valence-electron chi connectivity index (χ4n) is 0.962. The SMILES string of the molecule is C[I-]C1=NN(C)C(C)C(C)=C1. The molecule has 0 spiro atoms. The fraction of sp³-hybridized carbons (Fsp3) is 0.625. The molecule has 0 amide bonds. The summed E-state index contributed by atoms with van der Waals surface area (Å²) >= 11 is 0.144. The normalized spacial score (nSPS) is 25.1. The minimum absolute atomic E-state index is 0.144. The van der Waals surface area contributed by atoms with Gasteiger partial charge in [-0.25, -0.2) is 0 Å². The van der Waals surface area contributed by atoms with Gasteiger partial charge in [-0.2, -0.15) is 0 Å². The maximum atomic E-state index is 4.45. The van der Waals surface area contributed by atoms with E-state index in [-0.39, 0.29) is 21.2 Å². The molecular weight excluding hydrogens is 251 g/mol. The Hall–Kier alpha value is -0.0600. The predicted molar refractivity (Wildman–Crippen MR) is 44.3 cm³/mol. The van der Waals surface area contributed by atoms with Crippen LogP contribution in [0.25, 0.3) is 0 Å². The number of hydrogen-bond donors (Lipinski definition) is 0. The van der Waals surface area contributed by atoms with Crippen molar-refractivity contribution in [2.45, 2.75) is 19.9 Å². The molecule has 0 aromatic heterocycles. The first kappa shape index (κ1) is 9.03. The van der Waals surface area contributed by atoms with Gasteiger partial charge in [-0.15, -0.1) is 0 Å². The molecule has 1 unspecified atom stereocenters. The zero-order valence-corrected chi connectivity index (χ0v) is 9.58. The van der Waals surface area contributed by atoms with Gasteiger partial charge in [0.25, 0.3) is 0 Å². The summed E-state index contributed by atoms with van der Waals surface area (Å²) in [5.74, 6) is 0. The van der Waals surface area contributed by atoms with Crippen LogP contribution in [-0.2, 0) is 0 Å². The number of halogens is 1. The van der Waals surface area contributed by atoms with Crippen molar-refractivity contribution < 1.29 is 21.2 Å². The van der Waals surface area contributed by atoms with Gasteiger partial charge in [0, 0.05) is 0 Å². The van der Waals surface area contributed by atoms with Crippen molar-refractivity contribution >= 4 is 3.72 Å². The van der Waals surface area contributed by atoms with Gasteiger partial charge in [0.2, 0.25) is 0 Å².